The lowest BCUT2D eigenvalue weighted by Gasteiger charge is -2.28. The number of likely N-dealkylation sites (tertiary alicyclic amines) is 1. The van der Waals surface area contributed by atoms with E-state index in [-0.39, 0.29) is 5.95 Å². The van der Waals surface area contributed by atoms with Crippen molar-refractivity contribution in [3.63, 3.8) is 0 Å². The third-order valence-electron chi connectivity index (χ3n) is 3.76. The molecule has 1 fully saturated rings. The van der Waals surface area contributed by atoms with E-state index in [1.54, 1.807) is 0 Å². The van der Waals surface area contributed by atoms with E-state index >= 15 is 0 Å². The highest BCUT2D eigenvalue weighted by atomic mass is 15.3. The molecule has 2 heterocycles. The van der Waals surface area contributed by atoms with Crippen LogP contribution in [0, 0.1) is 0 Å². The number of hydrogen-bond donors (Lipinski definition) is 1. The monoisotopic (exact) mass is 279 g/mol. The average molecular weight is 279 g/mol. The first-order chi connectivity index (χ1) is 9.51. The van der Waals surface area contributed by atoms with Crippen molar-refractivity contribution in [2.24, 2.45) is 0 Å². The van der Waals surface area contributed by atoms with Crippen LogP contribution in [0.3, 0.4) is 0 Å². The van der Waals surface area contributed by atoms with Gasteiger partial charge in [0.05, 0.1) is 0 Å². The molecule has 0 radical (unpaired) electrons. The maximum absolute atomic E-state index is 5.77. The van der Waals surface area contributed by atoms with Crippen LogP contribution >= 0.6 is 0 Å². The molecule has 1 aromatic heterocycles. The van der Waals surface area contributed by atoms with Gasteiger partial charge in [0.15, 0.2) is 0 Å². The van der Waals surface area contributed by atoms with Crippen LogP contribution in [-0.4, -0.2) is 66.7 Å². The Balaban J connectivity index is 2.10. The first-order valence-electron chi connectivity index (χ1n) is 7.15. The van der Waals surface area contributed by atoms with Crippen LogP contribution in [0.15, 0.2) is 0 Å². The Bertz CT molecular complexity index is 448. The number of nitrogen functional groups attached to an aromatic ring is 1. The molecule has 1 atom stereocenters. The molecule has 1 saturated heterocycles. The molecule has 0 amide bonds. The summed E-state index contributed by atoms with van der Waals surface area (Å²) in [4.78, 5) is 19.2. The molecule has 0 aliphatic carbocycles. The van der Waals surface area contributed by atoms with Crippen LogP contribution in [0.1, 0.15) is 19.8 Å². The van der Waals surface area contributed by atoms with Crippen LogP contribution in [0.4, 0.5) is 17.8 Å². The van der Waals surface area contributed by atoms with Crippen LogP contribution in [0.25, 0.3) is 0 Å². The topological polar surface area (TPSA) is 74.4 Å². The van der Waals surface area contributed by atoms with E-state index in [0.717, 1.165) is 13.1 Å². The SMILES string of the molecule is CCN1CCCC1CN(C)c1nc(N)nc(N(C)C)n1. The van der Waals surface area contributed by atoms with Crippen molar-refractivity contribution >= 4 is 17.8 Å². The van der Waals surface area contributed by atoms with Gasteiger partial charge in [0.2, 0.25) is 17.8 Å². The zero-order valence-corrected chi connectivity index (χ0v) is 12.9. The molecule has 0 saturated carbocycles. The minimum atomic E-state index is 0.268. The predicted molar refractivity (Wildman–Crippen MR) is 82.1 cm³/mol. The third kappa shape index (κ3) is 3.27. The second kappa shape index (κ2) is 6.21. The highest BCUT2D eigenvalue weighted by Crippen LogP contribution is 2.19. The van der Waals surface area contributed by atoms with Crippen molar-refractivity contribution in [2.45, 2.75) is 25.8 Å². The molecule has 1 aliphatic rings. The molecular formula is C13H25N7. The van der Waals surface area contributed by atoms with Gasteiger partial charge in [-0.1, -0.05) is 6.92 Å². The van der Waals surface area contributed by atoms with E-state index < -0.39 is 0 Å². The molecule has 2 N–H and O–H groups in total. The number of rotatable bonds is 5. The first-order valence-corrected chi connectivity index (χ1v) is 7.15. The normalized spacial score (nSPS) is 19.3. The summed E-state index contributed by atoms with van der Waals surface area (Å²) in [5, 5.41) is 0. The zero-order valence-electron chi connectivity index (χ0n) is 12.9. The molecule has 112 valence electrons. The average Bonchev–Trinajstić information content (AvgIpc) is 2.85. The van der Waals surface area contributed by atoms with E-state index in [4.69, 9.17) is 5.73 Å². The van der Waals surface area contributed by atoms with Gasteiger partial charge in [0.25, 0.3) is 0 Å². The van der Waals surface area contributed by atoms with Crippen LogP contribution in [-0.2, 0) is 0 Å². The summed E-state index contributed by atoms with van der Waals surface area (Å²) in [6.07, 6.45) is 2.51. The summed E-state index contributed by atoms with van der Waals surface area (Å²) < 4.78 is 0. The fraction of sp³-hybridized carbons (Fsp3) is 0.769. The molecule has 2 rings (SSSR count). The predicted octanol–water partition coefficient (Wildman–Crippen LogP) is 0.440. The molecule has 1 aromatic rings. The Kier molecular flexibility index (Phi) is 4.59. The van der Waals surface area contributed by atoms with Crippen molar-refractivity contribution in [2.75, 3.05) is 56.3 Å². The van der Waals surface area contributed by atoms with E-state index in [0.29, 0.717) is 17.9 Å². The first kappa shape index (κ1) is 14.8. The summed E-state index contributed by atoms with van der Waals surface area (Å²) in [6, 6.07) is 0.575. The van der Waals surface area contributed by atoms with Gasteiger partial charge < -0.3 is 15.5 Å². The molecule has 0 spiro atoms. The number of hydrogen-bond acceptors (Lipinski definition) is 7. The van der Waals surface area contributed by atoms with Gasteiger partial charge in [-0.2, -0.15) is 15.0 Å². The lowest BCUT2D eigenvalue weighted by Crippen LogP contribution is -2.39. The smallest absolute Gasteiger partial charge is 0.231 e. The number of anilines is 3. The van der Waals surface area contributed by atoms with Crippen molar-refractivity contribution < 1.29 is 0 Å². The summed E-state index contributed by atoms with van der Waals surface area (Å²) in [5.74, 6) is 1.51. The number of aromatic nitrogens is 3. The standard InChI is InChI=1S/C13H25N7/c1-5-20-8-6-7-10(20)9-19(4)13-16-11(14)15-12(17-13)18(2)3/h10H,5-9H2,1-4H3,(H2,14,15,16,17). The minimum Gasteiger partial charge on any atom is -0.368 e. The number of nitrogens with zero attached hydrogens (tertiary/aromatic N) is 6. The Hall–Kier alpha value is -1.63. The molecular weight excluding hydrogens is 254 g/mol. The van der Waals surface area contributed by atoms with E-state index in [2.05, 4.69) is 31.7 Å². The van der Waals surface area contributed by atoms with Crippen molar-refractivity contribution in [1.29, 1.82) is 0 Å². The number of nitrogens with two attached hydrogens (primary N) is 1. The summed E-state index contributed by atoms with van der Waals surface area (Å²) in [7, 11) is 5.81. The Labute approximate surface area is 120 Å². The largest absolute Gasteiger partial charge is 0.368 e. The van der Waals surface area contributed by atoms with Crippen molar-refractivity contribution in [3.05, 3.63) is 0 Å². The van der Waals surface area contributed by atoms with Crippen molar-refractivity contribution in [3.8, 4) is 0 Å². The van der Waals surface area contributed by atoms with Crippen LogP contribution in [0.2, 0.25) is 0 Å². The number of likely N-dealkylation sites (N-methyl/N-ethyl adjacent to an activating group) is 2. The fourth-order valence-electron chi connectivity index (χ4n) is 2.66. The lowest BCUT2D eigenvalue weighted by molar-refractivity contribution is 0.270. The molecule has 7 heteroatoms. The lowest BCUT2D eigenvalue weighted by atomic mass is 10.2. The highest BCUT2D eigenvalue weighted by molar-refractivity contribution is 5.42. The third-order valence-corrected chi connectivity index (χ3v) is 3.76. The summed E-state index contributed by atoms with van der Waals surface area (Å²) >= 11 is 0. The van der Waals surface area contributed by atoms with E-state index in [1.165, 1.54) is 19.4 Å². The Morgan fingerprint density at radius 2 is 1.90 bits per heavy atom. The Morgan fingerprint density at radius 1 is 1.20 bits per heavy atom. The molecule has 1 unspecified atom stereocenters. The maximum atomic E-state index is 5.77. The van der Waals surface area contributed by atoms with Gasteiger partial charge in [0, 0.05) is 33.7 Å². The van der Waals surface area contributed by atoms with E-state index in [1.807, 2.05) is 26.0 Å². The second-order valence-electron chi connectivity index (χ2n) is 5.49. The zero-order chi connectivity index (χ0) is 14.7. The van der Waals surface area contributed by atoms with Gasteiger partial charge in [0.1, 0.15) is 0 Å². The van der Waals surface area contributed by atoms with E-state index in [9.17, 15) is 0 Å². The fourth-order valence-corrected chi connectivity index (χ4v) is 2.66. The Morgan fingerprint density at radius 3 is 2.55 bits per heavy atom. The summed E-state index contributed by atoms with van der Waals surface area (Å²) in [5.41, 5.74) is 5.77. The molecule has 20 heavy (non-hydrogen) atoms. The quantitative estimate of drug-likeness (QED) is 0.838. The van der Waals surface area contributed by atoms with Crippen LogP contribution in [0.5, 0.6) is 0 Å². The van der Waals surface area contributed by atoms with Gasteiger partial charge >= 0.3 is 0 Å². The van der Waals surface area contributed by atoms with Gasteiger partial charge in [-0.05, 0) is 25.9 Å². The molecule has 1 aliphatic heterocycles. The van der Waals surface area contributed by atoms with Crippen LogP contribution < -0.4 is 15.5 Å². The molecule has 0 aromatic carbocycles. The van der Waals surface area contributed by atoms with Gasteiger partial charge in [-0.3, -0.25) is 4.90 Å². The minimum absolute atomic E-state index is 0.268. The maximum Gasteiger partial charge on any atom is 0.231 e. The summed E-state index contributed by atoms with van der Waals surface area (Å²) in [6.45, 7) is 5.42. The molecule has 0 bridgehead atoms. The molecule has 7 nitrogen and oxygen atoms in total. The second-order valence-corrected chi connectivity index (χ2v) is 5.49. The van der Waals surface area contributed by atoms with Crippen molar-refractivity contribution in [1.82, 2.24) is 19.9 Å². The van der Waals surface area contributed by atoms with Gasteiger partial charge in [-0.15, -0.1) is 0 Å². The van der Waals surface area contributed by atoms with Gasteiger partial charge in [-0.25, -0.2) is 0 Å². The highest BCUT2D eigenvalue weighted by Gasteiger charge is 2.25.